The molecule has 162 valence electrons. The molecule has 2 aliphatic rings. The molecular weight excluding hydrogens is 446 g/mol. The Kier molecular flexibility index (Phi) is 4.90. The van der Waals surface area contributed by atoms with Crippen molar-refractivity contribution in [2.45, 2.75) is 6.54 Å². The molecule has 0 bridgehead atoms. The fraction of sp³-hybridized carbons (Fsp3) is 0.250. The molecule has 0 N–H and O–H groups in total. The zero-order valence-electron chi connectivity index (χ0n) is 17.2. The minimum atomic E-state index is 0.0640. The molecule has 0 aliphatic carbocycles. The maximum atomic E-state index is 13.2. The van der Waals surface area contributed by atoms with Gasteiger partial charge in [-0.25, -0.2) is 4.98 Å². The van der Waals surface area contributed by atoms with Crippen LogP contribution in [0.15, 0.2) is 48.5 Å². The van der Waals surface area contributed by atoms with E-state index < -0.39 is 0 Å². The van der Waals surface area contributed by atoms with E-state index in [1.165, 1.54) is 16.9 Å². The lowest BCUT2D eigenvalue weighted by molar-refractivity contribution is 0.0633. The molecule has 32 heavy (non-hydrogen) atoms. The number of ether oxygens (including phenoxy) is 2. The second-order valence-electron chi connectivity index (χ2n) is 8.03. The van der Waals surface area contributed by atoms with Crippen molar-refractivity contribution < 1.29 is 14.3 Å². The molecule has 0 unspecified atom stereocenters. The van der Waals surface area contributed by atoms with Crippen molar-refractivity contribution in [2.24, 2.45) is 0 Å². The monoisotopic (exact) mass is 465 g/mol. The Labute approximate surface area is 193 Å². The van der Waals surface area contributed by atoms with Crippen molar-refractivity contribution in [3.8, 4) is 11.5 Å². The number of thiophene rings is 1. The number of halogens is 1. The molecule has 0 spiro atoms. The van der Waals surface area contributed by atoms with Crippen LogP contribution in [0.25, 0.3) is 21.0 Å². The number of rotatable bonds is 3. The summed E-state index contributed by atoms with van der Waals surface area (Å²) in [7, 11) is 0. The second-order valence-corrected chi connectivity index (χ2v) is 9.44. The molecule has 2 aliphatic heterocycles. The number of piperazine rings is 1. The summed E-state index contributed by atoms with van der Waals surface area (Å²) in [6.45, 7) is 4.17. The van der Waals surface area contributed by atoms with Crippen LogP contribution in [0.4, 0.5) is 0 Å². The Morgan fingerprint density at radius 3 is 2.69 bits per heavy atom. The predicted molar refractivity (Wildman–Crippen MR) is 126 cm³/mol. The maximum Gasteiger partial charge on any atom is 0.264 e. The van der Waals surface area contributed by atoms with Gasteiger partial charge in [-0.1, -0.05) is 35.9 Å². The van der Waals surface area contributed by atoms with Crippen LogP contribution in [-0.4, -0.2) is 53.7 Å². The maximum absolute atomic E-state index is 13.2. The number of carbonyl (C=O) groups excluding carboxylic acids is 1. The quantitative estimate of drug-likeness (QED) is 0.407. The minimum absolute atomic E-state index is 0.0640. The minimum Gasteiger partial charge on any atom is -0.454 e. The predicted octanol–water partition coefficient (Wildman–Crippen LogP) is 4.79. The lowest BCUT2D eigenvalue weighted by atomic mass is 10.1. The number of pyridine rings is 1. The van der Waals surface area contributed by atoms with Crippen molar-refractivity contribution in [3.63, 3.8) is 0 Å². The van der Waals surface area contributed by atoms with Crippen LogP contribution in [0, 0.1) is 0 Å². The van der Waals surface area contributed by atoms with Gasteiger partial charge in [-0.15, -0.1) is 11.3 Å². The van der Waals surface area contributed by atoms with Gasteiger partial charge >= 0.3 is 0 Å². The largest absolute Gasteiger partial charge is 0.454 e. The zero-order valence-corrected chi connectivity index (χ0v) is 18.8. The molecule has 4 aromatic rings. The Hall–Kier alpha value is -2.87. The number of fused-ring (bicyclic) bond motifs is 4. The van der Waals surface area contributed by atoms with Gasteiger partial charge in [-0.2, -0.15) is 0 Å². The third-order valence-corrected chi connectivity index (χ3v) is 7.48. The molecular formula is C24H20ClN3O3S. The second kappa shape index (κ2) is 7.92. The average molecular weight is 466 g/mol. The van der Waals surface area contributed by atoms with Crippen molar-refractivity contribution in [3.05, 3.63) is 64.1 Å². The van der Waals surface area contributed by atoms with E-state index in [0.717, 1.165) is 52.1 Å². The van der Waals surface area contributed by atoms with Crippen molar-refractivity contribution in [1.82, 2.24) is 14.8 Å². The van der Waals surface area contributed by atoms with Gasteiger partial charge in [0.1, 0.15) is 5.15 Å². The lowest BCUT2D eigenvalue weighted by Crippen LogP contribution is -2.48. The molecule has 8 heteroatoms. The summed E-state index contributed by atoms with van der Waals surface area (Å²) in [6.07, 6.45) is 0. The topological polar surface area (TPSA) is 54.9 Å². The van der Waals surface area contributed by atoms with E-state index in [2.05, 4.69) is 16.0 Å². The first kappa shape index (κ1) is 19.8. The van der Waals surface area contributed by atoms with Crippen LogP contribution in [0.2, 0.25) is 5.15 Å². The van der Waals surface area contributed by atoms with Crippen LogP contribution < -0.4 is 9.47 Å². The Balaban J connectivity index is 1.16. The molecule has 6 nitrogen and oxygen atoms in total. The summed E-state index contributed by atoms with van der Waals surface area (Å²) in [5.74, 6) is 1.67. The molecule has 2 aromatic carbocycles. The van der Waals surface area contributed by atoms with E-state index in [4.69, 9.17) is 21.1 Å². The normalized spacial score (nSPS) is 16.2. The standard InChI is InChI=1S/C24H20ClN3O3S/c25-23-17-12-21(32-22(17)16-3-1-2-4-18(16)26-23)24(29)28-9-7-27(8-10-28)13-15-5-6-19-20(11-15)31-14-30-19/h1-6,11-12H,7-10,13-14H2. The van der Waals surface area contributed by atoms with Crippen LogP contribution >= 0.6 is 22.9 Å². The van der Waals surface area contributed by atoms with E-state index >= 15 is 0 Å². The smallest absolute Gasteiger partial charge is 0.264 e. The fourth-order valence-electron chi connectivity index (χ4n) is 4.34. The number of carbonyl (C=O) groups is 1. The molecule has 1 fully saturated rings. The highest BCUT2D eigenvalue weighted by molar-refractivity contribution is 7.21. The summed E-state index contributed by atoms with van der Waals surface area (Å²) in [6, 6.07) is 15.9. The summed E-state index contributed by atoms with van der Waals surface area (Å²) in [5, 5.41) is 2.33. The van der Waals surface area contributed by atoms with Gasteiger partial charge in [-0.05, 0) is 29.8 Å². The Morgan fingerprint density at radius 2 is 1.81 bits per heavy atom. The van der Waals surface area contributed by atoms with Crippen molar-refractivity contribution in [1.29, 1.82) is 0 Å². The first-order chi connectivity index (χ1) is 15.7. The summed E-state index contributed by atoms with van der Waals surface area (Å²) in [5.41, 5.74) is 2.04. The fourth-order valence-corrected chi connectivity index (χ4v) is 5.80. The number of aromatic nitrogens is 1. The summed E-state index contributed by atoms with van der Waals surface area (Å²) in [4.78, 5) is 22.7. The number of para-hydroxylation sites is 1. The molecule has 1 saturated heterocycles. The first-order valence-electron chi connectivity index (χ1n) is 10.5. The van der Waals surface area contributed by atoms with Crippen LogP contribution in [0.3, 0.4) is 0 Å². The van der Waals surface area contributed by atoms with Gasteiger partial charge in [0.2, 0.25) is 6.79 Å². The highest BCUT2D eigenvalue weighted by Crippen LogP contribution is 2.36. The zero-order chi connectivity index (χ0) is 21.7. The Morgan fingerprint density at radius 1 is 1.00 bits per heavy atom. The summed E-state index contributed by atoms with van der Waals surface area (Å²) >= 11 is 7.92. The molecule has 2 aromatic heterocycles. The molecule has 6 rings (SSSR count). The van der Waals surface area contributed by atoms with E-state index in [0.29, 0.717) is 23.1 Å². The third-order valence-electron chi connectivity index (χ3n) is 6.04. The summed E-state index contributed by atoms with van der Waals surface area (Å²) < 4.78 is 11.9. The van der Waals surface area contributed by atoms with E-state index in [-0.39, 0.29) is 12.7 Å². The van der Waals surface area contributed by atoms with E-state index in [9.17, 15) is 4.79 Å². The van der Waals surface area contributed by atoms with E-state index in [1.54, 1.807) is 0 Å². The van der Waals surface area contributed by atoms with Gasteiger partial charge in [0.25, 0.3) is 5.91 Å². The molecule has 0 atom stereocenters. The van der Waals surface area contributed by atoms with Crippen LogP contribution in [0.5, 0.6) is 11.5 Å². The lowest BCUT2D eigenvalue weighted by Gasteiger charge is -2.34. The first-order valence-corrected chi connectivity index (χ1v) is 11.7. The molecule has 1 amide bonds. The average Bonchev–Trinajstić information content (AvgIpc) is 3.47. The highest BCUT2D eigenvalue weighted by atomic mass is 35.5. The van der Waals surface area contributed by atoms with Gasteiger partial charge < -0.3 is 14.4 Å². The third kappa shape index (κ3) is 3.46. The van der Waals surface area contributed by atoms with Crippen molar-refractivity contribution in [2.75, 3.05) is 33.0 Å². The molecule has 4 heterocycles. The molecule has 0 radical (unpaired) electrons. The van der Waals surface area contributed by atoms with Gasteiger partial charge in [-0.3, -0.25) is 9.69 Å². The van der Waals surface area contributed by atoms with E-state index in [1.807, 2.05) is 47.4 Å². The SMILES string of the molecule is O=C(c1cc2c(Cl)nc3ccccc3c2s1)N1CCN(Cc2ccc3c(c2)OCO3)CC1. The number of benzene rings is 2. The Bertz CT molecular complexity index is 1350. The number of amides is 1. The number of nitrogens with zero attached hydrogens (tertiary/aromatic N) is 3. The van der Waals surface area contributed by atoms with Crippen LogP contribution in [0.1, 0.15) is 15.2 Å². The molecule has 0 saturated carbocycles. The van der Waals surface area contributed by atoms with Crippen LogP contribution in [-0.2, 0) is 6.54 Å². The van der Waals surface area contributed by atoms with Crippen molar-refractivity contribution >= 4 is 49.8 Å². The van der Waals surface area contributed by atoms with Gasteiger partial charge in [0.15, 0.2) is 11.5 Å². The highest BCUT2D eigenvalue weighted by Gasteiger charge is 2.25. The van der Waals surface area contributed by atoms with Gasteiger partial charge in [0, 0.05) is 48.2 Å². The number of hydrogen-bond acceptors (Lipinski definition) is 6. The van der Waals surface area contributed by atoms with Gasteiger partial charge in [0.05, 0.1) is 10.4 Å². The number of hydrogen-bond donors (Lipinski definition) is 0.